The van der Waals surface area contributed by atoms with Crippen molar-refractivity contribution in [2.24, 2.45) is 20.5 Å². The number of azo groups is 2. The Kier molecular flexibility index (Phi) is 7.30. The van der Waals surface area contributed by atoms with Gasteiger partial charge in [-0.1, -0.05) is 6.07 Å². The molecule has 39 heavy (non-hydrogen) atoms. The van der Waals surface area contributed by atoms with Gasteiger partial charge in [-0.05, 0) is 72.1 Å². The summed E-state index contributed by atoms with van der Waals surface area (Å²) in [5.41, 5.74) is 0.395. The molecule has 2 N–H and O–H groups in total. The van der Waals surface area contributed by atoms with Crippen LogP contribution in [0, 0.1) is 0 Å². The van der Waals surface area contributed by atoms with Crippen LogP contribution >= 0.6 is 0 Å². The average Bonchev–Trinajstić information content (AvgIpc) is 2.85. The summed E-state index contributed by atoms with van der Waals surface area (Å²) in [5.74, 6) is -0.558. The van der Waals surface area contributed by atoms with Crippen LogP contribution in [-0.4, -0.2) is 44.0 Å². The molecule has 0 saturated carbocycles. The van der Waals surface area contributed by atoms with Crippen molar-refractivity contribution >= 4 is 63.9 Å². The summed E-state index contributed by atoms with van der Waals surface area (Å²) in [7, 11) is -14.7. The van der Waals surface area contributed by atoms with Gasteiger partial charge in [-0.2, -0.15) is 23.8 Å². The number of nitrogens with zero attached hydrogens (tertiary/aromatic N) is 4. The normalized spacial score (nSPS) is 13.0. The molecule has 4 rings (SSSR count). The van der Waals surface area contributed by atoms with E-state index in [-0.39, 0.29) is 18.2 Å². The van der Waals surface area contributed by atoms with Crippen molar-refractivity contribution in [3.8, 4) is 5.75 Å². The number of hydrogen-bond donors (Lipinski definition) is 2. The predicted octanol–water partition coefficient (Wildman–Crippen LogP) is 4.68. The van der Waals surface area contributed by atoms with E-state index in [1.165, 1.54) is 36.4 Å². The topological polar surface area (TPSA) is 238 Å². The highest BCUT2D eigenvalue weighted by Gasteiger charge is 2.20. The Bertz CT molecular complexity index is 1980. The van der Waals surface area contributed by atoms with E-state index in [1.54, 1.807) is 0 Å². The Morgan fingerprint density at radius 1 is 0.615 bits per heavy atom. The van der Waals surface area contributed by atoms with Crippen molar-refractivity contribution < 1.29 is 45.4 Å². The molecule has 0 heterocycles. The third-order valence-corrected chi connectivity index (χ3v) is 7.64. The van der Waals surface area contributed by atoms with Crippen LogP contribution in [0.15, 0.2) is 108 Å². The lowest BCUT2D eigenvalue weighted by Gasteiger charge is -2.14. The second-order valence-corrected chi connectivity index (χ2v) is 11.9. The van der Waals surface area contributed by atoms with Crippen molar-refractivity contribution in [2.45, 2.75) is 14.7 Å². The maximum Gasteiger partial charge on any atom is 0.294 e. The summed E-state index contributed by atoms with van der Waals surface area (Å²) in [6.45, 7) is 0. The van der Waals surface area contributed by atoms with Crippen molar-refractivity contribution in [1.29, 1.82) is 0 Å². The van der Waals surface area contributed by atoms with Gasteiger partial charge in [-0.15, -0.1) is 5.11 Å². The Balaban J connectivity index is 0.00000441. The highest BCUT2D eigenvalue weighted by Crippen LogP contribution is 2.41. The second-order valence-electron chi connectivity index (χ2n) is 7.75. The van der Waals surface area contributed by atoms with Crippen molar-refractivity contribution in [2.75, 3.05) is 0 Å². The molecular weight excluding hydrogens is 576 g/mol. The van der Waals surface area contributed by atoms with E-state index in [1.807, 2.05) is 0 Å². The molecule has 0 aliphatic heterocycles. The summed E-state index contributed by atoms with van der Waals surface area (Å²) in [4.78, 5) is -2.28. The Morgan fingerprint density at radius 3 is 1.56 bits per heavy atom. The van der Waals surface area contributed by atoms with E-state index in [4.69, 9.17) is 0 Å². The van der Waals surface area contributed by atoms with Crippen LogP contribution in [-0.2, 0) is 30.4 Å². The van der Waals surface area contributed by atoms with E-state index in [2.05, 4.69) is 20.5 Å². The Labute approximate surface area is 222 Å². The third-order valence-electron chi connectivity index (χ3n) is 5.10. The monoisotopic (exact) mass is 592 g/mol. The molecule has 0 atom stereocenters. The molecule has 0 bridgehead atoms. The molecule has 17 heteroatoms. The lowest BCUT2D eigenvalue weighted by molar-refractivity contribution is 0.460. The van der Waals surface area contributed by atoms with Gasteiger partial charge in [0.25, 0.3) is 10.1 Å². The molecule has 0 fully saturated rings. The van der Waals surface area contributed by atoms with E-state index >= 15 is 0 Å². The van der Waals surface area contributed by atoms with Gasteiger partial charge >= 0.3 is 0 Å². The molecule has 0 aliphatic carbocycles. The first-order valence-electron chi connectivity index (χ1n) is 10.4. The SMILES string of the molecule is O=S(=O)([O-])c1ccc(N=Nc2ccc(N=Nc3c(O)ccc4cc(S(=O)(=O)O)cc(S(=O)(=O)[O-])c34)cc2)cc1.[HH]. The Hall–Kier alpha value is -4.13. The van der Waals surface area contributed by atoms with Crippen molar-refractivity contribution in [3.05, 3.63) is 72.8 Å². The lowest BCUT2D eigenvalue weighted by atomic mass is 10.1. The first-order chi connectivity index (χ1) is 18.1. The van der Waals surface area contributed by atoms with Crippen LogP contribution < -0.4 is 0 Å². The molecule has 4 aromatic rings. The number of fused-ring (bicyclic) bond motifs is 1. The van der Waals surface area contributed by atoms with Gasteiger partial charge in [0.2, 0.25) is 0 Å². The van der Waals surface area contributed by atoms with Gasteiger partial charge in [-0.25, -0.2) is 16.8 Å². The van der Waals surface area contributed by atoms with Crippen LogP contribution in [0.4, 0.5) is 22.7 Å². The van der Waals surface area contributed by atoms with Gasteiger partial charge < -0.3 is 14.2 Å². The zero-order valence-corrected chi connectivity index (χ0v) is 21.6. The molecular formula is C22H16N4O10S3-2. The standard InChI is InChI=1S/C22H16N4O10S3.H2/c27-19-10-1-13-11-18(38(31,32)33)12-20(39(34,35)36)21(13)22(19)26-25-15-4-2-14(3-5-15)23-24-16-6-8-17(9-7-16)37(28,29)30;/h1-12,27H,(H,28,29,30)(H,31,32,33)(H,34,35,36);1H/p-2. The Morgan fingerprint density at radius 2 is 1.10 bits per heavy atom. The molecule has 0 saturated heterocycles. The molecule has 204 valence electrons. The fourth-order valence-electron chi connectivity index (χ4n) is 3.31. The number of aromatic hydroxyl groups is 1. The van der Waals surface area contributed by atoms with Gasteiger partial charge in [0, 0.05) is 6.81 Å². The molecule has 0 radical (unpaired) electrons. The van der Waals surface area contributed by atoms with E-state index < -0.39 is 61.9 Å². The van der Waals surface area contributed by atoms with E-state index in [0.717, 1.165) is 30.3 Å². The first-order valence-corrected chi connectivity index (χ1v) is 14.6. The summed E-state index contributed by atoms with van der Waals surface area (Å²) >= 11 is 0. The second kappa shape index (κ2) is 10.2. The van der Waals surface area contributed by atoms with Gasteiger partial charge in [-0.3, -0.25) is 4.55 Å². The zero-order valence-electron chi connectivity index (χ0n) is 19.1. The lowest BCUT2D eigenvalue weighted by Crippen LogP contribution is -2.04. The zero-order chi connectivity index (χ0) is 28.6. The fourth-order valence-corrected chi connectivity index (χ4v) is 5.13. The third kappa shape index (κ3) is 6.48. The van der Waals surface area contributed by atoms with Crippen molar-refractivity contribution in [1.82, 2.24) is 0 Å². The highest BCUT2D eigenvalue weighted by molar-refractivity contribution is 7.86. The molecule has 4 aromatic carbocycles. The largest absolute Gasteiger partial charge is 0.744 e. The number of phenolic OH excluding ortho intramolecular Hbond substituents is 1. The van der Waals surface area contributed by atoms with E-state index in [0.29, 0.717) is 11.8 Å². The summed E-state index contributed by atoms with van der Waals surface area (Å²) in [6.07, 6.45) is 0. The van der Waals surface area contributed by atoms with Crippen LogP contribution in [0.25, 0.3) is 10.8 Å². The molecule has 0 amide bonds. The minimum absolute atomic E-state index is 0. The average molecular weight is 593 g/mol. The maximum atomic E-state index is 11.9. The quantitative estimate of drug-likeness (QED) is 0.222. The summed E-state index contributed by atoms with van der Waals surface area (Å²) in [6, 6.07) is 14.2. The van der Waals surface area contributed by atoms with Crippen LogP contribution in [0.1, 0.15) is 1.43 Å². The van der Waals surface area contributed by atoms with Gasteiger partial charge in [0.05, 0.1) is 31.7 Å². The fraction of sp³-hybridized carbons (Fsp3) is 0. The number of phenols is 1. The molecule has 0 aliphatic rings. The first kappa shape index (κ1) is 27.9. The van der Waals surface area contributed by atoms with Crippen molar-refractivity contribution in [3.63, 3.8) is 0 Å². The minimum atomic E-state index is -5.29. The van der Waals surface area contributed by atoms with Gasteiger partial charge in [0.15, 0.2) is 0 Å². The van der Waals surface area contributed by atoms with E-state index in [9.17, 15) is 44.0 Å². The smallest absolute Gasteiger partial charge is 0.294 e. The molecule has 0 unspecified atom stereocenters. The summed E-state index contributed by atoms with van der Waals surface area (Å²) < 4.78 is 101. The molecule has 0 spiro atoms. The van der Waals surface area contributed by atoms with Crippen LogP contribution in [0.3, 0.4) is 0 Å². The highest BCUT2D eigenvalue weighted by atomic mass is 32.2. The minimum Gasteiger partial charge on any atom is -0.744 e. The number of benzene rings is 4. The predicted molar refractivity (Wildman–Crippen MR) is 135 cm³/mol. The van der Waals surface area contributed by atoms with Gasteiger partial charge in [0.1, 0.15) is 31.7 Å². The maximum absolute atomic E-state index is 11.9. The van der Waals surface area contributed by atoms with Crippen LogP contribution in [0.5, 0.6) is 5.75 Å². The molecule has 14 nitrogen and oxygen atoms in total. The summed E-state index contributed by atoms with van der Waals surface area (Å²) in [5, 5.41) is 25.4. The molecule has 0 aromatic heterocycles. The number of rotatable bonds is 7. The van der Waals surface area contributed by atoms with Crippen LogP contribution in [0.2, 0.25) is 0 Å². The number of hydrogen-bond acceptors (Lipinski definition) is 13.